The average molecular weight is 193 g/mol. The van der Waals surface area contributed by atoms with Gasteiger partial charge < -0.3 is 4.74 Å². The number of ether oxygens (including phenoxy) is 1. The van der Waals surface area contributed by atoms with Crippen LogP contribution in [-0.4, -0.2) is 37.1 Å². The van der Waals surface area contributed by atoms with E-state index in [9.17, 15) is 4.79 Å². The molecule has 0 bridgehead atoms. The topological polar surface area (TPSA) is 29.5 Å². The summed E-state index contributed by atoms with van der Waals surface area (Å²) in [6, 6.07) is 0. The Morgan fingerprint density at radius 3 is 3.07 bits per heavy atom. The first kappa shape index (κ1) is 9.46. The molecule has 3 heteroatoms. The number of nitrogens with zero attached hydrogens (tertiary/aromatic N) is 1. The van der Waals surface area contributed by atoms with Gasteiger partial charge in [-0.1, -0.05) is 18.2 Å². The first-order chi connectivity index (χ1) is 6.84. The lowest BCUT2D eigenvalue weighted by molar-refractivity contribution is -0.150. The second-order valence-corrected chi connectivity index (χ2v) is 3.69. The molecule has 2 aliphatic rings. The summed E-state index contributed by atoms with van der Waals surface area (Å²) >= 11 is 0. The van der Waals surface area contributed by atoms with Gasteiger partial charge in [-0.05, 0) is 18.4 Å². The van der Waals surface area contributed by atoms with Crippen molar-refractivity contribution in [3.05, 3.63) is 23.8 Å². The fourth-order valence-electron chi connectivity index (χ4n) is 1.77. The largest absolute Gasteiger partial charge is 0.463 e. The number of esters is 1. The molecule has 0 aromatic carbocycles. The van der Waals surface area contributed by atoms with E-state index in [4.69, 9.17) is 4.74 Å². The summed E-state index contributed by atoms with van der Waals surface area (Å²) in [6.07, 6.45) is 8.87. The van der Waals surface area contributed by atoms with Crippen molar-refractivity contribution in [2.75, 3.05) is 26.2 Å². The maximum Gasteiger partial charge on any atom is 0.320 e. The van der Waals surface area contributed by atoms with Gasteiger partial charge >= 0.3 is 5.97 Å². The zero-order valence-electron chi connectivity index (χ0n) is 8.24. The second kappa shape index (κ2) is 4.42. The monoisotopic (exact) mass is 193 g/mol. The van der Waals surface area contributed by atoms with Crippen molar-refractivity contribution in [3.8, 4) is 0 Å². The number of rotatable bonds is 2. The van der Waals surface area contributed by atoms with E-state index < -0.39 is 0 Å². The predicted octanol–water partition coefficient (Wildman–Crippen LogP) is 1.12. The third-order valence-electron chi connectivity index (χ3n) is 2.50. The molecule has 0 saturated carbocycles. The molecular formula is C11H15NO2. The molecule has 0 unspecified atom stereocenters. The van der Waals surface area contributed by atoms with Crippen molar-refractivity contribution in [1.29, 1.82) is 0 Å². The van der Waals surface area contributed by atoms with Gasteiger partial charge in [0.1, 0.15) is 6.61 Å². The van der Waals surface area contributed by atoms with E-state index in [1.54, 1.807) is 0 Å². The summed E-state index contributed by atoms with van der Waals surface area (Å²) in [4.78, 5) is 13.1. The highest BCUT2D eigenvalue weighted by Crippen LogP contribution is 2.12. The van der Waals surface area contributed by atoms with E-state index >= 15 is 0 Å². The van der Waals surface area contributed by atoms with Gasteiger partial charge in [0.2, 0.25) is 0 Å². The first-order valence-electron chi connectivity index (χ1n) is 5.08. The molecule has 1 aliphatic carbocycles. The molecule has 0 spiro atoms. The Balaban J connectivity index is 1.87. The van der Waals surface area contributed by atoms with Crippen LogP contribution in [0.25, 0.3) is 0 Å². The molecule has 0 aromatic rings. The van der Waals surface area contributed by atoms with E-state index in [0.29, 0.717) is 13.2 Å². The zero-order chi connectivity index (χ0) is 9.80. The number of cyclic esters (lactones) is 1. The van der Waals surface area contributed by atoms with Crippen molar-refractivity contribution in [1.82, 2.24) is 4.90 Å². The number of carbonyl (C=O) groups excluding carboxylic acids is 1. The molecule has 76 valence electrons. The molecule has 1 fully saturated rings. The van der Waals surface area contributed by atoms with Crippen molar-refractivity contribution < 1.29 is 9.53 Å². The standard InChI is InChI=1S/C11H15NO2/c13-11-9-12(6-7-14-11)8-10-4-2-1-3-5-10/h2,4-5H,1,3,6-9H2. The Hall–Kier alpha value is -1.09. The van der Waals surface area contributed by atoms with Crippen molar-refractivity contribution in [2.24, 2.45) is 0 Å². The Kier molecular flexibility index (Phi) is 2.99. The minimum atomic E-state index is -0.100. The average Bonchev–Trinajstić information content (AvgIpc) is 2.19. The molecule has 1 heterocycles. The fraction of sp³-hybridized carbons (Fsp3) is 0.545. The van der Waals surface area contributed by atoms with E-state index in [1.165, 1.54) is 5.57 Å². The Morgan fingerprint density at radius 2 is 2.36 bits per heavy atom. The summed E-state index contributed by atoms with van der Waals surface area (Å²) < 4.78 is 4.88. The Bertz CT molecular complexity index is 281. The Labute approximate surface area is 84.0 Å². The van der Waals surface area contributed by atoms with E-state index in [-0.39, 0.29) is 5.97 Å². The molecule has 1 aliphatic heterocycles. The maximum atomic E-state index is 11.0. The van der Waals surface area contributed by atoms with Crippen LogP contribution in [0.5, 0.6) is 0 Å². The zero-order valence-corrected chi connectivity index (χ0v) is 8.24. The summed E-state index contributed by atoms with van der Waals surface area (Å²) in [6.45, 7) is 2.71. The summed E-state index contributed by atoms with van der Waals surface area (Å²) in [5.41, 5.74) is 1.32. The highest BCUT2D eigenvalue weighted by atomic mass is 16.5. The van der Waals surface area contributed by atoms with E-state index in [0.717, 1.165) is 25.9 Å². The summed E-state index contributed by atoms with van der Waals surface area (Å²) in [5, 5.41) is 0. The number of hydrogen-bond acceptors (Lipinski definition) is 3. The van der Waals surface area contributed by atoms with Gasteiger partial charge in [-0.15, -0.1) is 0 Å². The smallest absolute Gasteiger partial charge is 0.320 e. The molecule has 3 nitrogen and oxygen atoms in total. The number of allylic oxidation sites excluding steroid dienone is 2. The van der Waals surface area contributed by atoms with Crippen LogP contribution in [0, 0.1) is 0 Å². The fourth-order valence-corrected chi connectivity index (χ4v) is 1.77. The second-order valence-electron chi connectivity index (χ2n) is 3.69. The number of morpholine rings is 1. The molecule has 0 amide bonds. The quantitative estimate of drug-likeness (QED) is 0.615. The van der Waals surface area contributed by atoms with Gasteiger partial charge in [0.25, 0.3) is 0 Å². The SMILES string of the molecule is O=C1CN(CC2=CCCC=C2)CCO1. The molecule has 0 atom stereocenters. The van der Waals surface area contributed by atoms with Gasteiger partial charge in [-0.2, -0.15) is 0 Å². The van der Waals surface area contributed by atoms with Crippen molar-refractivity contribution in [3.63, 3.8) is 0 Å². The summed E-state index contributed by atoms with van der Waals surface area (Å²) in [7, 11) is 0. The minimum Gasteiger partial charge on any atom is -0.463 e. The lowest BCUT2D eigenvalue weighted by Crippen LogP contribution is -2.40. The van der Waals surface area contributed by atoms with E-state index in [2.05, 4.69) is 23.1 Å². The highest BCUT2D eigenvalue weighted by Gasteiger charge is 2.18. The molecule has 14 heavy (non-hydrogen) atoms. The lowest BCUT2D eigenvalue weighted by atomic mass is 10.1. The molecule has 0 N–H and O–H groups in total. The van der Waals surface area contributed by atoms with Crippen LogP contribution in [0.15, 0.2) is 23.8 Å². The van der Waals surface area contributed by atoms with E-state index in [1.807, 2.05) is 0 Å². The van der Waals surface area contributed by atoms with Crippen LogP contribution in [0.3, 0.4) is 0 Å². The van der Waals surface area contributed by atoms with Crippen LogP contribution in [0.4, 0.5) is 0 Å². The molecule has 1 saturated heterocycles. The molecule has 0 aromatic heterocycles. The van der Waals surface area contributed by atoms with Crippen molar-refractivity contribution >= 4 is 5.97 Å². The van der Waals surface area contributed by atoms with Crippen LogP contribution >= 0.6 is 0 Å². The number of carbonyl (C=O) groups is 1. The van der Waals surface area contributed by atoms with Crippen LogP contribution < -0.4 is 0 Å². The summed E-state index contributed by atoms with van der Waals surface area (Å²) in [5.74, 6) is -0.100. The molecule has 2 rings (SSSR count). The van der Waals surface area contributed by atoms with Gasteiger partial charge in [0.15, 0.2) is 0 Å². The highest BCUT2D eigenvalue weighted by molar-refractivity contribution is 5.72. The predicted molar refractivity (Wildman–Crippen MR) is 53.9 cm³/mol. The van der Waals surface area contributed by atoms with Crippen LogP contribution in [0.2, 0.25) is 0 Å². The van der Waals surface area contributed by atoms with Gasteiger partial charge in [-0.3, -0.25) is 9.69 Å². The van der Waals surface area contributed by atoms with Crippen molar-refractivity contribution in [2.45, 2.75) is 12.8 Å². The Morgan fingerprint density at radius 1 is 1.43 bits per heavy atom. The first-order valence-corrected chi connectivity index (χ1v) is 5.08. The third-order valence-corrected chi connectivity index (χ3v) is 2.50. The molecule has 0 radical (unpaired) electrons. The van der Waals surface area contributed by atoms with Gasteiger partial charge in [-0.25, -0.2) is 0 Å². The minimum absolute atomic E-state index is 0.100. The third kappa shape index (κ3) is 2.45. The van der Waals surface area contributed by atoms with Crippen LogP contribution in [-0.2, 0) is 9.53 Å². The molecular weight excluding hydrogens is 178 g/mol. The van der Waals surface area contributed by atoms with Gasteiger partial charge in [0, 0.05) is 13.1 Å². The maximum absolute atomic E-state index is 11.0. The normalized spacial score (nSPS) is 23.1. The number of hydrogen-bond donors (Lipinski definition) is 0. The lowest BCUT2D eigenvalue weighted by Gasteiger charge is -2.26. The van der Waals surface area contributed by atoms with Crippen LogP contribution in [0.1, 0.15) is 12.8 Å². The van der Waals surface area contributed by atoms with Gasteiger partial charge in [0.05, 0.1) is 6.54 Å².